The highest BCUT2D eigenvalue weighted by Crippen LogP contribution is 2.07. The maximum atomic E-state index is 11.5. The molecule has 5 heteroatoms. The molecule has 0 aromatic rings. The molecule has 1 aliphatic rings. The minimum Gasteiger partial charge on any atom is -0.377 e. The number of carbonyl (C=O) groups excluding carboxylic acids is 2. The molecule has 0 aromatic carbocycles. The molecule has 2 amide bonds. The molecule has 1 saturated heterocycles. The molecular weight excluding hydrogens is 184 g/mol. The van der Waals surface area contributed by atoms with Gasteiger partial charge < -0.3 is 15.4 Å². The van der Waals surface area contributed by atoms with Gasteiger partial charge in [-0.3, -0.25) is 9.59 Å². The van der Waals surface area contributed by atoms with Crippen LogP contribution in [0.3, 0.4) is 0 Å². The molecule has 1 aliphatic heterocycles. The van der Waals surface area contributed by atoms with Crippen molar-refractivity contribution < 1.29 is 14.3 Å². The average Bonchev–Trinajstić information content (AvgIpc) is 2.18. The summed E-state index contributed by atoms with van der Waals surface area (Å²) in [6, 6.07) is -0.632. The van der Waals surface area contributed by atoms with Gasteiger partial charge in [-0.05, 0) is 13.0 Å². The van der Waals surface area contributed by atoms with Crippen LogP contribution in [0.4, 0.5) is 0 Å². The lowest BCUT2D eigenvalue weighted by atomic mass is 10.2. The van der Waals surface area contributed by atoms with Gasteiger partial charge in [-0.1, -0.05) is 6.08 Å². The van der Waals surface area contributed by atoms with Gasteiger partial charge in [0.25, 0.3) is 0 Å². The molecule has 1 atom stereocenters. The fourth-order valence-electron chi connectivity index (χ4n) is 1.34. The van der Waals surface area contributed by atoms with Crippen molar-refractivity contribution >= 4 is 11.8 Å². The van der Waals surface area contributed by atoms with Gasteiger partial charge in [-0.15, -0.1) is 0 Å². The van der Waals surface area contributed by atoms with Gasteiger partial charge in [0.2, 0.25) is 11.8 Å². The number of primary amides is 1. The van der Waals surface area contributed by atoms with E-state index < -0.39 is 11.9 Å². The number of nitrogens with two attached hydrogens (primary N) is 1. The van der Waals surface area contributed by atoms with Crippen molar-refractivity contribution in [2.45, 2.75) is 13.0 Å². The van der Waals surface area contributed by atoms with Crippen molar-refractivity contribution in [1.82, 2.24) is 4.90 Å². The Morgan fingerprint density at radius 3 is 2.86 bits per heavy atom. The first-order valence-corrected chi connectivity index (χ1v) is 4.47. The Morgan fingerprint density at radius 2 is 2.29 bits per heavy atom. The largest absolute Gasteiger partial charge is 0.377 e. The van der Waals surface area contributed by atoms with Crippen molar-refractivity contribution in [2.75, 3.05) is 19.8 Å². The predicted octanol–water partition coefficient (Wildman–Crippen LogP) is -0.725. The average molecular weight is 198 g/mol. The van der Waals surface area contributed by atoms with E-state index in [9.17, 15) is 9.59 Å². The first kappa shape index (κ1) is 10.7. The highest BCUT2D eigenvalue weighted by Gasteiger charge is 2.29. The van der Waals surface area contributed by atoms with Crippen LogP contribution in [0.1, 0.15) is 6.92 Å². The Hall–Kier alpha value is -1.36. The molecule has 0 bridgehead atoms. The summed E-state index contributed by atoms with van der Waals surface area (Å²) in [4.78, 5) is 23.9. The summed E-state index contributed by atoms with van der Waals surface area (Å²) in [5.41, 5.74) is 5.15. The monoisotopic (exact) mass is 198 g/mol. The highest BCUT2D eigenvalue weighted by molar-refractivity contribution is 5.92. The Kier molecular flexibility index (Phi) is 3.64. The fraction of sp³-hybridized carbons (Fsp3) is 0.556. The quantitative estimate of drug-likeness (QED) is 0.595. The van der Waals surface area contributed by atoms with Gasteiger partial charge in [-0.2, -0.15) is 0 Å². The van der Waals surface area contributed by atoms with E-state index in [1.54, 1.807) is 13.0 Å². The van der Waals surface area contributed by atoms with Crippen LogP contribution in [-0.4, -0.2) is 42.5 Å². The molecule has 5 nitrogen and oxygen atoms in total. The van der Waals surface area contributed by atoms with E-state index in [0.717, 1.165) is 0 Å². The lowest BCUT2D eigenvalue weighted by Gasteiger charge is -2.32. The number of allylic oxidation sites excluding steroid dienone is 1. The van der Waals surface area contributed by atoms with Crippen molar-refractivity contribution in [1.29, 1.82) is 0 Å². The first-order valence-electron chi connectivity index (χ1n) is 4.47. The second kappa shape index (κ2) is 4.76. The molecule has 0 aliphatic carbocycles. The van der Waals surface area contributed by atoms with E-state index in [1.807, 2.05) is 0 Å². The maximum absolute atomic E-state index is 11.5. The van der Waals surface area contributed by atoms with Crippen molar-refractivity contribution in [2.24, 2.45) is 5.73 Å². The fourth-order valence-corrected chi connectivity index (χ4v) is 1.34. The van der Waals surface area contributed by atoms with Crippen LogP contribution in [0.15, 0.2) is 12.2 Å². The molecule has 0 spiro atoms. The zero-order valence-corrected chi connectivity index (χ0v) is 8.10. The molecule has 0 saturated carbocycles. The van der Waals surface area contributed by atoms with Gasteiger partial charge in [0, 0.05) is 6.54 Å². The van der Waals surface area contributed by atoms with Crippen LogP contribution in [0.5, 0.6) is 0 Å². The lowest BCUT2D eigenvalue weighted by Crippen LogP contribution is -2.54. The Morgan fingerprint density at radius 1 is 1.57 bits per heavy atom. The van der Waals surface area contributed by atoms with Crippen molar-refractivity contribution in [3.63, 3.8) is 0 Å². The Balaban J connectivity index is 2.72. The van der Waals surface area contributed by atoms with Crippen LogP contribution < -0.4 is 5.73 Å². The van der Waals surface area contributed by atoms with E-state index in [2.05, 4.69) is 0 Å². The molecule has 1 fully saturated rings. The van der Waals surface area contributed by atoms with E-state index in [1.165, 1.54) is 11.0 Å². The minimum absolute atomic E-state index is 0.193. The number of amides is 2. The van der Waals surface area contributed by atoms with Crippen LogP contribution in [0.25, 0.3) is 0 Å². The zero-order valence-electron chi connectivity index (χ0n) is 8.10. The van der Waals surface area contributed by atoms with E-state index in [4.69, 9.17) is 10.5 Å². The van der Waals surface area contributed by atoms with E-state index in [-0.39, 0.29) is 12.5 Å². The number of ether oxygens (including phenoxy) is 1. The third-order valence-electron chi connectivity index (χ3n) is 2.05. The molecule has 1 unspecified atom stereocenters. The number of morpholine rings is 1. The smallest absolute Gasteiger partial charge is 0.247 e. The lowest BCUT2D eigenvalue weighted by molar-refractivity contribution is -0.143. The molecule has 0 radical (unpaired) electrons. The highest BCUT2D eigenvalue weighted by atomic mass is 16.5. The Labute approximate surface area is 82.5 Å². The van der Waals surface area contributed by atoms with Gasteiger partial charge in [0.1, 0.15) is 6.04 Å². The van der Waals surface area contributed by atoms with Gasteiger partial charge in [0.15, 0.2) is 0 Å². The maximum Gasteiger partial charge on any atom is 0.247 e. The number of hydrogen-bond donors (Lipinski definition) is 1. The summed E-state index contributed by atoms with van der Waals surface area (Å²) in [7, 11) is 0. The van der Waals surface area contributed by atoms with Crippen LogP contribution in [0.2, 0.25) is 0 Å². The van der Waals surface area contributed by atoms with Crippen molar-refractivity contribution in [3.05, 3.63) is 12.2 Å². The molecule has 14 heavy (non-hydrogen) atoms. The van der Waals surface area contributed by atoms with Gasteiger partial charge in [-0.25, -0.2) is 0 Å². The summed E-state index contributed by atoms with van der Waals surface area (Å²) in [5.74, 6) is -0.720. The molecule has 2 N–H and O–H groups in total. The van der Waals surface area contributed by atoms with E-state index >= 15 is 0 Å². The third kappa shape index (κ3) is 2.32. The first-order chi connectivity index (χ1) is 6.66. The number of carbonyl (C=O) groups is 2. The SMILES string of the molecule is C/C=C/C(=O)N1CCOCC1C(N)=O. The second-order valence-corrected chi connectivity index (χ2v) is 3.02. The molecule has 0 aromatic heterocycles. The second-order valence-electron chi connectivity index (χ2n) is 3.02. The summed E-state index contributed by atoms with van der Waals surface area (Å²) in [6.07, 6.45) is 3.05. The predicted molar refractivity (Wildman–Crippen MR) is 50.3 cm³/mol. The normalized spacial score (nSPS) is 22.6. The zero-order chi connectivity index (χ0) is 10.6. The third-order valence-corrected chi connectivity index (χ3v) is 2.05. The topological polar surface area (TPSA) is 72.6 Å². The summed E-state index contributed by atoms with van der Waals surface area (Å²) in [6.45, 7) is 2.81. The van der Waals surface area contributed by atoms with Crippen LogP contribution >= 0.6 is 0 Å². The molecule has 1 rings (SSSR count). The number of nitrogens with zero attached hydrogens (tertiary/aromatic N) is 1. The van der Waals surface area contributed by atoms with E-state index in [0.29, 0.717) is 13.2 Å². The number of hydrogen-bond acceptors (Lipinski definition) is 3. The van der Waals surface area contributed by atoms with Gasteiger partial charge >= 0.3 is 0 Å². The summed E-state index contributed by atoms with van der Waals surface area (Å²) in [5, 5.41) is 0. The standard InChI is InChI=1S/C9H14N2O3/c1-2-3-8(12)11-4-5-14-6-7(11)9(10)13/h2-3,7H,4-6H2,1H3,(H2,10,13)/b3-2+. The Bertz CT molecular complexity index is 263. The molecular formula is C9H14N2O3. The minimum atomic E-state index is -0.632. The van der Waals surface area contributed by atoms with Crippen LogP contribution in [0, 0.1) is 0 Å². The summed E-state index contributed by atoms with van der Waals surface area (Å²) >= 11 is 0. The van der Waals surface area contributed by atoms with Crippen LogP contribution in [-0.2, 0) is 14.3 Å². The number of rotatable bonds is 2. The van der Waals surface area contributed by atoms with Gasteiger partial charge in [0.05, 0.1) is 13.2 Å². The van der Waals surface area contributed by atoms with Crippen molar-refractivity contribution in [3.8, 4) is 0 Å². The molecule has 78 valence electrons. The summed E-state index contributed by atoms with van der Waals surface area (Å²) < 4.78 is 5.08. The molecule has 1 heterocycles.